The van der Waals surface area contributed by atoms with E-state index >= 15 is 0 Å². The number of hydrogen-bond donors (Lipinski definition) is 1. The number of nitrogens with zero attached hydrogens (tertiary/aromatic N) is 1. The first kappa shape index (κ1) is 11.1. The van der Waals surface area contributed by atoms with Crippen LogP contribution < -0.4 is 10.1 Å². The third kappa shape index (κ3) is 2.04. The average Bonchev–Trinajstić information content (AvgIpc) is 2.93. The van der Waals surface area contributed by atoms with E-state index in [9.17, 15) is 0 Å². The van der Waals surface area contributed by atoms with Crippen molar-refractivity contribution in [2.24, 2.45) is 4.99 Å². The van der Waals surface area contributed by atoms with Crippen molar-refractivity contribution in [2.45, 2.75) is 13.0 Å². The maximum absolute atomic E-state index is 6.02. The Bertz CT molecular complexity index is 587. The maximum Gasteiger partial charge on any atom is 0.152 e. The molecule has 0 saturated heterocycles. The highest BCUT2D eigenvalue weighted by Crippen LogP contribution is 2.26. The number of rotatable bonds is 3. The molecule has 1 aliphatic rings. The standard InChI is InChI=1S/C15H16N2O/c1-11(15-16-9-10-17-15)18-14-8-4-6-12-5-2-3-7-13(12)14/h2-8,11H,9-10H2,1H3,(H,16,17)/t11-/m1/s1. The number of amidine groups is 1. The van der Waals surface area contributed by atoms with Crippen LogP contribution in [0.4, 0.5) is 0 Å². The molecule has 2 aromatic carbocycles. The van der Waals surface area contributed by atoms with Gasteiger partial charge in [0.15, 0.2) is 6.10 Å². The lowest BCUT2D eigenvalue weighted by atomic mass is 10.1. The Balaban J connectivity index is 1.90. The van der Waals surface area contributed by atoms with Gasteiger partial charge < -0.3 is 10.1 Å². The maximum atomic E-state index is 6.02. The van der Waals surface area contributed by atoms with Crippen LogP contribution in [0.25, 0.3) is 10.8 Å². The third-order valence-electron chi connectivity index (χ3n) is 3.14. The lowest BCUT2D eigenvalue weighted by Crippen LogP contribution is -2.33. The zero-order valence-electron chi connectivity index (χ0n) is 10.4. The Morgan fingerprint density at radius 1 is 1.17 bits per heavy atom. The molecule has 0 unspecified atom stereocenters. The first-order valence-electron chi connectivity index (χ1n) is 6.27. The summed E-state index contributed by atoms with van der Waals surface area (Å²) in [5, 5.41) is 5.59. The smallest absolute Gasteiger partial charge is 0.152 e. The van der Waals surface area contributed by atoms with Gasteiger partial charge in [-0.05, 0) is 18.4 Å². The molecule has 0 saturated carbocycles. The molecule has 0 aromatic heterocycles. The van der Waals surface area contributed by atoms with E-state index in [-0.39, 0.29) is 6.10 Å². The summed E-state index contributed by atoms with van der Waals surface area (Å²) in [4.78, 5) is 4.39. The predicted octanol–water partition coefficient (Wildman–Crippen LogP) is 2.61. The van der Waals surface area contributed by atoms with Crippen molar-refractivity contribution in [2.75, 3.05) is 13.1 Å². The van der Waals surface area contributed by atoms with E-state index < -0.39 is 0 Å². The van der Waals surface area contributed by atoms with Crippen molar-refractivity contribution in [1.29, 1.82) is 0 Å². The SMILES string of the molecule is C[C@@H](Oc1cccc2ccccc12)C1=NCCN1. The molecule has 2 aromatic rings. The molecule has 1 atom stereocenters. The van der Waals surface area contributed by atoms with Gasteiger partial charge in [-0.15, -0.1) is 0 Å². The number of benzene rings is 2. The fourth-order valence-corrected chi connectivity index (χ4v) is 2.23. The molecule has 0 bridgehead atoms. The van der Waals surface area contributed by atoms with Gasteiger partial charge in [0.1, 0.15) is 11.6 Å². The number of ether oxygens (including phenoxy) is 1. The van der Waals surface area contributed by atoms with E-state index in [2.05, 4.69) is 28.5 Å². The van der Waals surface area contributed by atoms with Gasteiger partial charge in [-0.25, -0.2) is 0 Å². The van der Waals surface area contributed by atoms with Crippen LogP contribution >= 0.6 is 0 Å². The van der Waals surface area contributed by atoms with Gasteiger partial charge >= 0.3 is 0 Å². The quantitative estimate of drug-likeness (QED) is 0.894. The average molecular weight is 240 g/mol. The van der Waals surface area contributed by atoms with Crippen molar-refractivity contribution >= 4 is 16.6 Å². The molecule has 0 aliphatic carbocycles. The summed E-state index contributed by atoms with van der Waals surface area (Å²) in [5.74, 6) is 1.86. The Hall–Kier alpha value is -2.03. The van der Waals surface area contributed by atoms with Crippen LogP contribution in [0.15, 0.2) is 47.5 Å². The molecule has 0 fully saturated rings. The highest BCUT2D eigenvalue weighted by molar-refractivity contribution is 5.90. The van der Waals surface area contributed by atoms with Gasteiger partial charge in [0.25, 0.3) is 0 Å². The molecule has 18 heavy (non-hydrogen) atoms. The molecule has 1 aliphatic heterocycles. The summed E-state index contributed by atoms with van der Waals surface area (Å²) in [6.45, 7) is 3.79. The first-order valence-corrected chi connectivity index (χ1v) is 6.27. The molecule has 92 valence electrons. The molecule has 1 N–H and O–H groups in total. The summed E-state index contributed by atoms with van der Waals surface area (Å²) in [7, 11) is 0. The predicted molar refractivity (Wildman–Crippen MR) is 74.3 cm³/mol. The molecule has 0 amide bonds. The Labute approximate surface area is 106 Å². The summed E-state index contributed by atoms with van der Waals surface area (Å²) in [6.07, 6.45) is -0.0293. The Kier molecular flexibility index (Phi) is 2.89. The van der Waals surface area contributed by atoms with Crippen molar-refractivity contribution in [3.05, 3.63) is 42.5 Å². The summed E-state index contributed by atoms with van der Waals surface area (Å²) in [5.41, 5.74) is 0. The van der Waals surface area contributed by atoms with Crippen LogP contribution in [0, 0.1) is 0 Å². The van der Waals surface area contributed by atoms with Crippen LogP contribution in [0.3, 0.4) is 0 Å². The second-order valence-corrected chi connectivity index (χ2v) is 4.43. The summed E-state index contributed by atoms with van der Waals surface area (Å²) < 4.78 is 6.02. The fourth-order valence-electron chi connectivity index (χ4n) is 2.23. The highest BCUT2D eigenvalue weighted by Gasteiger charge is 2.16. The van der Waals surface area contributed by atoms with Gasteiger partial charge in [0, 0.05) is 11.9 Å². The number of nitrogens with one attached hydrogen (secondary N) is 1. The van der Waals surface area contributed by atoms with E-state index in [4.69, 9.17) is 4.74 Å². The number of hydrogen-bond acceptors (Lipinski definition) is 3. The zero-order valence-corrected chi connectivity index (χ0v) is 10.4. The Morgan fingerprint density at radius 2 is 2.00 bits per heavy atom. The molecule has 1 heterocycles. The highest BCUT2D eigenvalue weighted by atomic mass is 16.5. The minimum atomic E-state index is -0.0293. The third-order valence-corrected chi connectivity index (χ3v) is 3.14. The molecule has 3 nitrogen and oxygen atoms in total. The Morgan fingerprint density at radius 3 is 2.83 bits per heavy atom. The lowest BCUT2D eigenvalue weighted by molar-refractivity contribution is 0.287. The molecule has 0 radical (unpaired) electrons. The van der Waals surface area contributed by atoms with Crippen LogP contribution in [-0.4, -0.2) is 25.0 Å². The van der Waals surface area contributed by atoms with Crippen molar-refractivity contribution < 1.29 is 4.74 Å². The van der Waals surface area contributed by atoms with Crippen molar-refractivity contribution in [1.82, 2.24) is 5.32 Å². The first-order chi connectivity index (χ1) is 8.84. The van der Waals surface area contributed by atoms with Gasteiger partial charge in [0.2, 0.25) is 0 Å². The van der Waals surface area contributed by atoms with Crippen LogP contribution in [0.1, 0.15) is 6.92 Å². The molecule has 0 spiro atoms. The number of fused-ring (bicyclic) bond motifs is 1. The van der Waals surface area contributed by atoms with E-state index in [0.29, 0.717) is 0 Å². The van der Waals surface area contributed by atoms with Crippen LogP contribution in [0.5, 0.6) is 5.75 Å². The zero-order chi connectivity index (χ0) is 12.4. The van der Waals surface area contributed by atoms with Crippen molar-refractivity contribution in [3.8, 4) is 5.75 Å². The van der Waals surface area contributed by atoms with Crippen LogP contribution in [-0.2, 0) is 0 Å². The van der Waals surface area contributed by atoms with Gasteiger partial charge in [0.05, 0.1) is 6.54 Å². The van der Waals surface area contributed by atoms with E-state index in [1.54, 1.807) is 0 Å². The van der Waals surface area contributed by atoms with E-state index in [0.717, 1.165) is 30.1 Å². The minimum Gasteiger partial charge on any atom is -0.482 e. The van der Waals surface area contributed by atoms with Gasteiger partial charge in [-0.3, -0.25) is 4.99 Å². The van der Waals surface area contributed by atoms with Gasteiger partial charge in [-0.1, -0.05) is 36.4 Å². The normalized spacial score (nSPS) is 16.2. The van der Waals surface area contributed by atoms with Crippen molar-refractivity contribution in [3.63, 3.8) is 0 Å². The molecular formula is C15H16N2O. The molecular weight excluding hydrogens is 224 g/mol. The second-order valence-electron chi connectivity index (χ2n) is 4.43. The fraction of sp³-hybridized carbons (Fsp3) is 0.267. The second kappa shape index (κ2) is 4.69. The topological polar surface area (TPSA) is 33.6 Å². The number of aliphatic imine (C=N–C) groups is 1. The minimum absolute atomic E-state index is 0.0293. The van der Waals surface area contributed by atoms with Gasteiger partial charge in [-0.2, -0.15) is 0 Å². The summed E-state index contributed by atoms with van der Waals surface area (Å²) in [6, 6.07) is 14.4. The largest absolute Gasteiger partial charge is 0.482 e. The molecule has 3 rings (SSSR count). The lowest BCUT2D eigenvalue weighted by Gasteiger charge is -2.16. The van der Waals surface area contributed by atoms with E-state index in [1.807, 2.05) is 31.2 Å². The molecule has 3 heteroatoms. The monoisotopic (exact) mass is 240 g/mol. The summed E-state index contributed by atoms with van der Waals surface area (Å²) >= 11 is 0. The van der Waals surface area contributed by atoms with E-state index in [1.165, 1.54) is 5.39 Å². The van der Waals surface area contributed by atoms with Crippen LogP contribution in [0.2, 0.25) is 0 Å².